The first-order valence-corrected chi connectivity index (χ1v) is 8.99. The van der Waals surface area contributed by atoms with Crippen LogP contribution in [0.5, 0.6) is 0 Å². The first-order valence-electron chi connectivity index (χ1n) is 8.99. The SMILES string of the molecule is CC1=NNC(=O)N(NC(=O)N/N=C(\c2ccccc2)c2c[nH]c3ccccc23)C1. The van der Waals surface area contributed by atoms with Crippen molar-refractivity contribution in [3.05, 3.63) is 71.9 Å². The van der Waals surface area contributed by atoms with E-state index in [4.69, 9.17) is 0 Å². The summed E-state index contributed by atoms with van der Waals surface area (Å²) in [6.45, 7) is 1.94. The first kappa shape index (κ1) is 18.2. The Kier molecular flexibility index (Phi) is 4.93. The van der Waals surface area contributed by atoms with Gasteiger partial charge in [0.05, 0.1) is 12.3 Å². The fourth-order valence-corrected chi connectivity index (χ4v) is 3.03. The number of fused-ring (bicyclic) bond motifs is 1. The molecule has 1 aliphatic heterocycles. The highest BCUT2D eigenvalue weighted by Crippen LogP contribution is 2.21. The van der Waals surface area contributed by atoms with Crippen molar-refractivity contribution in [1.29, 1.82) is 0 Å². The quantitative estimate of drug-likeness (QED) is 0.406. The van der Waals surface area contributed by atoms with Gasteiger partial charge in [0, 0.05) is 28.2 Å². The van der Waals surface area contributed by atoms with Gasteiger partial charge in [-0.25, -0.2) is 30.9 Å². The van der Waals surface area contributed by atoms with Crippen molar-refractivity contribution in [3.8, 4) is 0 Å². The molecule has 4 rings (SSSR count). The number of nitrogens with one attached hydrogen (secondary N) is 4. The first-order chi connectivity index (χ1) is 14.1. The van der Waals surface area contributed by atoms with Crippen LogP contribution >= 0.6 is 0 Å². The number of H-pyrrole nitrogens is 1. The summed E-state index contributed by atoms with van der Waals surface area (Å²) in [5.74, 6) is 0. The zero-order valence-corrected chi connectivity index (χ0v) is 15.6. The number of urea groups is 2. The molecule has 0 radical (unpaired) electrons. The minimum atomic E-state index is -0.636. The summed E-state index contributed by atoms with van der Waals surface area (Å²) in [7, 11) is 0. The summed E-state index contributed by atoms with van der Waals surface area (Å²) in [5, 5.41) is 10.3. The van der Waals surface area contributed by atoms with Crippen molar-refractivity contribution in [2.45, 2.75) is 6.92 Å². The van der Waals surface area contributed by atoms with E-state index >= 15 is 0 Å². The number of aromatic amines is 1. The van der Waals surface area contributed by atoms with Gasteiger partial charge in [0.2, 0.25) is 0 Å². The van der Waals surface area contributed by atoms with Gasteiger partial charge in [0.25, 0.3) is 0 Å². The van der Waals surface area contributed by atoms with E-state index in [1.807, 2.05) is 60.8 Å². The van der Waals surface area contributed by atoms with Crippen molar-refractivity contribution in [1.82, 2.24) is 26.3 Å². The lowest BCUT2D eigenvalue weighted by Gasteiger charge is -2.25. The van der Waals surface area contributed by atoms with E-state index in [2.05, 4.69) is 31.5 Å². The Morgan fingerprint density at radius 2 is 1.90 bits per heavy atom. The number of hydrazine groups is 1. The number of benzene rings is 2. The molecule has 0 saturated carbocycles. The maximum Gasteiger partial charge on any atom is 0.356 e. The fraction of sp³-hybridized carbons (Fsp3) is 0.100. The Morgan fingerprint density at radius 1 is 1.14 bits per heavy atom. The predicted octanol–water partition coefficient (Wildman–Crippen LogP) is 2.54. The van der Waals surface area contributed by atoms with Crippen LogP contribution in [0, 0.1) is 0 Å². The maximum absolute atomic E-state index is 12.3. The molecule has 0 unspecified atom stereocenters. The van der Waals surface area contributed by atoms with E-state index in [9.17, 15) is 9.59 Å². The van der Waals surface area contributed by atoms with Crippen LogP contribution in [0.2, 0.25) is 0 Å². The smallest absolute Gasteiger partial charge is 0.356 e. The van der Waals surface area contributed by atoms with Crippen LogP contribution in [0.4, 0.5) is 9.59 Å². The summed E-state index contributed by atoms with van der Waals surface area (Å²) >= 11 is 0. The van der Waals surface area contributed by atoms with Crippen LogP contribution in [0.15, 0.2) is 71.0 Å². The van der Waals surface area contributed by atoms with Crippen LogP contribution in [0.3, 0.4) is 0 Å². The van der Waals surface area contributed by atoms with E-state index < -0.39 is 12.1 Å². The van der Waals surface area contributed by atoms with E-state index in [1.165, 1.54) is 0 Å². The van der Waals surface area contributed by atoms with Crippen molar-refractivity contribution in [2.75, 3.05) is 6.54 Å². The molecule has 0 aliphatic carbocycles. The fourth-order valence-electron chi connectivity index (χ4n) is 3.03. The van der Waals surface area contributed by atoms with Gasteiger partial charge in [0.1, 0.15) is 5.71 Å². The second kappa shape index (κ2) is 7.85. The number of aromatic nitrogens is 1. The minimum absolute atomic E-state index is 0.191. The summed E-state index contributed by atoms with van der Waals surface area (Å²) in [6.07, 6.45) is 1.86. The third-order valence-corrected chi connectivity index (χ3v) is 4.37. The molecule has 1 aromatic heterocycles. The summed E-state index contributed by atoms with van der Waals surface area (Å²) in [5.41, 5.74) is 11.2. The summed E-state index contributed by atoms with van der Waals surface area (Å²) in [4.78, 5) is 27.3. The standard InChI is InChI=1S/C20H19N7O2/c1-13-12-27(20(29)25-22-13)26-19(28)24-23-18(14-7-3-2-4-8-14)16-11-21-17-10-6-5-9-15(16)17/h2-11,21H,12H2,1H3,(H,25,29)(H2,24,26,28)/b23-18+. The zero-order valence-electron chi connectivity index (χ0n) is 15.6. The summed E-state index contributed by atoms with van der Waals surface area (Å²) < 4.78 is 0. The Morgan fingerprint density at radius 3 is 2.72 bits per heavy atom. The van der Waals surface area contributed by atoms with Crippen LogP contribution in [0.1, 0.15) is 18.1 Å². The Bertz CT molecular complexity index is 1120. The van der Waals surface area contributed by atoms with Crippen molar-refractivity contribution >= 4 is 34.4 Å². The number of hydrogen-bond acceptors (Lipinski definition) is 4. The van der Waals surface area contributed by atoms with E-state index in [0.717, 1.165) is 27.0 Å². The minimum Gasteiger partial charge on any atom is -0.360 e. The van der Waals surface area contributed by atoms with Crippen molar-refractivity contribution < 1.29 is 9.59 Å². The lowest BCUT2D eigenvalue weighted by molar-refractivity contribution is 0.173. The molecule has 2 aromatic carbocycles. The van der Waals surface area contributed by atoms with Gasteiger partial charge >= 0.3 is 12.1 Å². The largest absolute Gasteiger partial charge is 0.360 e. The number of hydrogen-bond donors (Lipinski definition) is 4. The molecule has 29 heavy (non-hydrogen) atoms. The topological polar surface area (TPSA) is 114 Å². The molecular weight excluding hydrogens is 370 g/mol. The van der Waals surface area contributed by atoms with Gasteiger partial charge in [-0.2, -0.15) is 10.2 Å². The van der Waals surface area contributed by atoms with Crippen molar-refractivity contribution in [3.63, 3.8) is 0 Å². The van der Waals surface area contributed by atoms with Gasteiger partial charge in [-0.3, -0.25) is 0 Å². The molecule has 9 heteroatoms. The highest BCUT2D eigenvalue weighted by Gasteiger charge is 2.21. The third-order valence-electron chi connectivity index (χ3n) is 4.37. The Labute approximate surface area is 166 Å². The molecule has 1 aliphatic rings. The monoisotopic (exact) mass is 389 g/mol. The van der Waals surface area contributed by atoms with E-state index in [-0.39, 0.29) is 6.54 Å². The highest BCUT2D eigenvalue weighted by atomic mass is 16.2. The van der Waals surface area contributed by atoms with Crippen LogP contribution in [-0.4, -0.2) is 40.0 Å². The van der Waals surface area contributed by atoms with Crippen molar-refractivity contribution in [2.24, 2.45) is 10.2 Å². The normalized spacial score (nSPS) is 14.4. The van der Waals surface area contributed by atoms with Gasteiger partial charge in [-0.05, 0) is 13.0 Å². The van der Waals surface area contributed by atoms with Gasteiger partial charge < -0.3 is 4.98 Å². The van der Waals surface area contributed by atoms with Crippen LogP contribution in [0.25, 0.3) is 10.9 Å². The van der Waals surface area contributed by atoms with E-state index in [1.54, 1.807) is 6.92 Å². The van der Waals surface area contributed by atoms with Gasteiger partial charge in [-0.15, -0.1) is 0 Å². The molecule has 146 valence electrons. The lowest BCUT2D eigenvalue weighted by atomic mass is 10.0. The number of hydrazone groups is 2. The van der Waals surface area contributed by atoms with E-state index in [0.29, 0.717) is 11.4 Å². The molecular formula is C20H19N7O2. The Balaban J connectivity index is 1.60. The molecule has 0 spiro atoms. The molecule has 0 bridgehead atoms. The molecule has 9 nitrogen and oxygen atoms in total. The molecule has 0 saturated heterocycles. The van der Waals surface area contributed by atoms with Gasteiger partial charge in [-0.1, -0.05) is 48.5 Å². The molecule has 3 aromatic rings. The second-order valence-corrected chi connectivity index (χ2v) is 6.48. The second-order valence-electron chi connectivity index (χ2n) is 6.48. The van der Waals surface area contributed by atoms with Crippen LogP contribution < -0.4 is 16.3 Å². The molecule has 4 amide bonds. The van der Waals surface area contributed by atoms with Gasteiger partial charge in [0.15, 0.2) is 0 Å². The molecule has 2 heterocycles. The summed E-state index contributed by atoms with van der Waals surface area (Å²) in [6, 6.07) is 16.2. The number of amides is 4. The molecule has 0 fully saturated rings. The molecule has 0 atom stereocenters. The average Bonchev–Trinajstić information content (AvgIpc) is 3.16. The van der Waals surface area contributed by atoms with Crippen LogP contribution in [-0.2, 0) is 0 Å². The highest BCUT2D eigenvalue weighted by molar-refractivity contribution is 6.19. The average molecular weight is 389 g/mol. The lowest BCUT2D eigenvalue weighted by Crippen LogP contribution is -2.56. The zero-order chi connectivity index (χ0) is 20.2. The number of rotatable bonds is 4. The number of nitrogens with zero attached hydrogens (tertiary/aromatic N) is 3. The predicted molar refractivity (Wildman–Crippen MR) is 110 cm³/mol. The molecule has 4 N–H and O–H groups in total. The maximum atomic E-state index is 12.3. The number of carbonyl (C=O) groups is 2. The number of carbonyl (C=O) groups excluding carboxylic acids is 2. The third kappa shape index (κ3) is 3.93. The Hall–Kier alpha value is -4.14. The number of para-hydroxylation sites is 1.